The maximum absolute atomic E-state index is 13.6. The number of benzene rings is 2. The summed E-state index contributed by atoms with van der Waals surface area (Å²) >= 11 is 1.65. The van der Waals surface area contributed by atoms with Gasteiger partial charge in [-0.05, 0) is 49.1 Å². The minimum absolute atomic E-state index is 0.116. The van der Waals surface area contributed by atoms with Crippen molar-refractivity contribution in [2.45, 2.75) is 27.3 Å². The van der Waals surface area contributed by atoms with E-state index in [2.05, 4.69) is 29.4 Å². The van der Waals surface area contributed by atoms with E-state index in [9.17, 15) is 4.39 Å². The van der Waals surface area contributed by atoms with E-state index >= 15 is 0 Å². The molecule has 21 heavy (non-hydrogen) atoms. The first-order valence-corrected chi connectivity index (χ1v) is 7.72. The summed E-state index contributed by atoms with van der Waals surface area (Å²) in [6.45, 7) is 6.32. The maximum Gasteiger partial charge on any atom is 0.184 e. The Hall–Kier alpha value is -1.94. The lowest BCUT2D eigenvalue weighted by atomic mass is 10.1. The number of para-hydroxylation sites is 1. The van der Waals surface area contributed by atoms with Gasteiger partial charge in [-0.2, -0.15) is 0 Å². The summed E-state index contributed by atoms with van der Waals surface area (Å²) in [7, 11) is 0. The molecule has 1 aromatic heterocycles. The number of aryl methyl sites for hydroxylation is 3. The number of hydrogen-bond donors (Lipinski definition) is 1. The third kappa shape index (κ3) is 2.76. The minimum Gasteiger partial charge on any atom is -0.357 e. The lowest BCUT2D eigenvalue weighted by Crippen LogP contribution is -2.01. The highest BCUT2D eigenvalue weighted by atomic mass is 32.1. The molecule has 0 unspecified atom stereocenters. The van der Waals surface area contributed by atoms with Crippen LogP contribution < -0.4 is 5.32 Å². The van der Waals surface area contributed by atoms with Gasteiger partial charge in [0.1, 0.15) is 5.82 Å². The van der Waals surface area contributed by atoms with Crippen LogP contribution in [0, 0.1) is 26.6 Å². The second-order valence-corrected chi connectivity index (χ2v) is 6.37. The molecule has 0 aliphatic carbocycles. The van der Waals surface area contributed by atoms with Crippen LogP contribution in [-0.4, -0.2) is 4.98 Å². The Balaban J connectivity index is 1.82. The number of aromatic nitrogens is 1. The van der Waals surface area contributed by atoms with Crippen molar-refractivity contribution in [3.63, 3.8) is 0 Å². The average Bonchev–Trinajstić information content (AvgIpc) is 2.87. The number of nitrogens with one attached hydrogen (secondary N) is 1. The van der Waals surface area contributed by atoms with E-state index in [1.807, 2.05) is 18.2 Å². The number of nitrogens with zero attached hydrogens (tertiary/aromatic N) is 1. The zero-order valence-corrected chi connectivity index (χ0v) is 13.1. The monoisotopic (exact) mass is 300 g/mol. The quantitative estimate of drug-likeness (QED) is 0.738. The SMILES string of the molecule is Cc1cc(CNc2nc3c(C)cccc3s2)cc(C)c1F. The third-order valence-corrected chi connectivity index (χ3v) is 4.54. The molecule has 0 amide bonds. The first-order chi connectivity index (χ1) is 10.0. The highest BCUT2D eigenvalue weighted by Crippen LogP contribution is 2.28. The number of thiazole rings is 1. The molecular formula is C17H17FN2S. The zero-order valence-electron chi connectivity index (χ0n) is 12.3. The van der Waals surface area contributed by atoms with Gasteiger partial charge in [0, 0.05) is 6.54 Å². The molecule has 1 heterocycles. The predicted molar refractivity (Wildman–Crippen MR) is 87.6 cm³/mol. The summed E-state index contributed by atoms with van der Waals surface area (Å²) in [6.07, 6.45) is 0. The molecule has 0 aliphatic heterocycles. The molecule has 2 nitrogen and oxygen atoms in total. The van der Waals surface area contributed by atoms with Crippen molar-refractivity contribution in [3.05, 3.63) is 58.4 Å². The molecule has 3 rings (SSSR count). The van der Waals surface area contributed by atoms with Crippen LogP contribution in [0.4, 0.5) is 9.52 Å². The number of halogens is 1. The molecule has 0 aliphatic rings. The van der Waals surface area contributed by atoms with Gasteiger partial charge in [-0.3, -0.25) is 0 Å². The molecule has 4 heteroatoms. The van der Waals surface area contributed by atoms with E-state index in [0.29, 0.717) is 17.7 Å². The van der Waals surface area contributed by atoms with Crippen molar-refractivity contribution < 1.29 is 4.39 Å². The maximum atomic E-state index is 13.6. The van der Waals surface area contributed by atoms with Crippen LogP contribution in [0.5, 0.6) is 0 Å². The number of anilines is 1. The van der Waals surface area contributed by atoms with Gasteiger partial charge in [-0.25, -0.2) is 9.37 Å². The van der Waals surface area contributed by atoms with Crippen LogP contribution in [0.1, 0.15) is 22.3 Å². The summed E-state index contributed by atoms with van der Waals surface area (Å²) in [4.78, 5) is 4.62. The number of hydrogen-bond acceptors (Lipinski definition) is 3. The van der Waals surface area contributed by atoms with Crippen LogP contribution in [0.25, 0.3) is 10.2 Å². The molecule has 2 aromatic carbocycles. The number of rotatable bonds is 3. The van der Waals surface area contributed by atoms with Crippen LogP contribution in [0.15, 0.2) is 30.3 Å². The van der Waals surface area contributed by atoms with Crippen LogP contribution >= 0.6 is 11.3 Å². The zero-order chi connectivity index (χ0) is 15.0. The van der Waals surface area contributed by atoms with Gasteiger partial charge in [0.15, 0.2) is 5.13 Å². The topological polar surface area (TPSA) is 24.9 Å². The molecular weight excluding hydrogens is 283 g/mol. The Morgan fingerprint density at radius 2 is 1.81 bits per heavy atom. The van der Waals surface area contributed by atoms with Crippen LogP contribution in [0.2, 0.25) is 0 Å². The minimum atomic E-state index is -0.116. The Bertz CT molecular complexity index is 785. The van der Waals surface area contributed by atoms with Gasteiger partial charge in [0.2, 0.25) is 0 Å². The molecule has 108 valence electrons. The van der Waals surface area contributed by atoms with Gasteiger partial charge < -0.3 is 5.32 Å². The van der Waals surface area contributed by atoms with Gasteiger partial charge in [-0.1, -0.05) is 35.6 Å². The fourth-order valence-corrected chi connectivity index (χ4v) is 3.42. The molecule has 0 saturated carbocycles. The van der Waals surface area contributed by atoms with E-state index in [1.54, 1.807) is 25.2 Å². The van der Waals surface area contributed by atoms with Gasteiger partial charge >= 0.3 is 0 Å². The fourth-order valence-electron chi connectivity index (χ4n) is 2.48. The first-order valence-electron chi connectivity index (χ1n) is 6.90. The van der Waals surface area contributed by atoms with Gasteiger partial charge in [0.25, 0.3) is 0 Å². The van der Waals surface area contributed by atoms with Gasteiger partial charge in [0.05, 0.1) is 10.2 Å². The van der Waals surface area contributed by atoms with Crippen LogP contribution in [0.3, 0.4) is 0 Å². The molecule has 0 atom stereocenters. The Morgan fingerprint density at radius 1 is 1.10 bits per heavy atom. The smallest absolute Gasteiger partial charge is 0.184 e. The second-order valence-electron chi connectivity index (χ2n) is 5.34. The third-order valence-electron chi connectivity index (χ3n) is 3.56. The predicted octanol–water partition coefficient (Wildman–Crippen LogP) is 4.97. The molecule has 3 aromatic rings. The van der Waals surface area contributed by atoms with Crippen molar-refractivity contribution in [1.82, 2.24) is 4.98 Å². The van der Waals surface area contributed by atoms with Crippen molar-refractivity contribution >= 4 is 26.7 Å². The normalized spacial score (nSPS) is 11.0. The fraction of sp³-hybridized carbons (Fsp3) is 0.235. The first kappa shape index (κ1) is 14.0. The lowest BCUT2D eigenvalue weighted by molar-refractivity contribution is 0.608. The van der Waals surface area contributed by atoms with Crippen molar-refractivity contribution in [3.8, 4) is 0 Å². The summed E-state index contributed by atoms with van der Waals surface area (Å²) in [5.41, 5.74) is 4.68. The molecule has 0 saturated heterocycles. The largest absolute Gasteiger partial charge is 0.357 e. The van der Waals surface area contributed by atoms with E-state index in [-0.39, 0.29) is 5.82 Å². The van der Waals surface area contributed by atoms with E-state index < -0.39 is 0 Å². The standard InChI is InChI=1S/C17H17FN2S/c1-10-5-4-6-14-16(10)20-17(21-14)19-9-13-7-11(2)15(18)12(3)8-13/h4-8H,9H2,1-3H3,(H,19,20). The van der Waals surface area contributed by atoms with E-state index in [1.165, 1.54) is 10.3 Å². The van der Waals surface area contributed by atoms with Crippen molar-refractivity contribution in [2.75, 3.05) is 5.32 Å². The van der Waals surface area contributed by atoms with Crippen LogP contribution in [-0.2, 0) is 6.54 Å². The van der Waals surface area contributed by atoms with Gasteiger partial charge in [-0.15, -0.1) is 0 Å². The summed E-state index contributed by atoms with van der Waals surface area (Å²) < 4.78 is 14.8. The summed E-state index contributed by atoms with van der Waals surface area (Å²) in [5.74, 6) is -0.116. The molecule has 0 radical (unpaired) electrons. The van der Waals surface area contributed by atoms with Crippen molar-refractivity contribution in [1.29, 1.82) is 0 Å². The van der Waals surface area contributed by atoms with Crippen molar-refractivity contribution in [2.24, 2.45) is 0 Å². The summed E-state index contributed by atoms with van der Waals surface area (Å²) in [6, 6.07) is 9.96. The molecule has 1 N–H and O–H groups in total. The highest BCUT2D eigenvalue weighted by Gasteiger charge is 2.07. The Kier molecular flexibility index (Phi) is 3.64. The Labute approximate surface area is 127 Å². The average molecular weight is 300 g/mol. The second kappa shape index (κ2) is 5.45. The molecule has 0 fully saturated rings. The number of fused-ring (bicyclic) bond motifs is 1. The summed E-state index contributed by atoms with van der Waals surface area (Å²) in [5, 5.41) is 4.24. The van der Waals surface area contributed by atoms with E-state index in [4.69, 9.17) is 0 Å². The highest BCUT2D eigenvalue weighted by molar-refractivity contribution is 7.22. The lowest BCUT2D eigenvalue weighted by Gasteiger charge is -2.07. The molecule has 0 bridgehead atoms. The molecule has 0 spiro atoms. The Morgan fingerprint density at radius 3 is 2.48 bits per heavy atom. The van der Waals surface area contributed by atoms with E-state index in [0.717, 1.165) is 16.2 Å².